The third-order valence-corrected chi connectivity index (χ3v) is 9.30. The summed E-state index contributed by atoms with van der Waals surface area (Å²) in [6, 6.07) is 0. The van der Waals surface area contributed by atoms with Crippen LogP contribution in [0.3, 0.4) is 0 Å². The lowest BCUT2D eigenvalue weighted by Gasteiger charge is -2.17. The molecule has 0 aromatic carbocycles. The Bertz CT molecular complexity index is 1760. The molecule has 0 aliphatic carbocycles. The highest BCUT2D eigenvalue weighted by atomic mass is 32.1. The van der Waals surface area contributed by atoms with Crippen molar-refractivity contribution in [2.45, 2.75) is 84.9 Å². The van der Waals surface area contributed by atoms with Crippen LogP contribution in [0.15, 0.2) is 21.8 Å². The predicted molar refractivity (Wildman–Crippen MR) is 172 cm³/mol. The Kier molecular flexibility index (Phi) is 9.68. The van der Waals surface area contributed by atoms with Gasteiger partial charge in [0, 0.05) is 80.8 Å². The number of rotatable bonds is 12. The fourth-order valence-corrected chi connectivity index (χ4v) is 6.81. The molecule has 5 N–H and O–H groups in total. The molecule has 2 saturated heterocycles. The van der Waals surface area contributed by atoms with E-state index in [1.54, 1.807) is 0 Å². The zero-order valence-electron chi connectivity index (χ0n) is 26.1. The van der Waals surface area contributed by atoms with Gasteiger partial charge in [0.2, 0.25) is 12.2 Å². The molecule has 5 rings (SSSR count). The molecule has 45 heavy (non-hydrogen) atoms. The van der Waals surface area contributed by atoms with Crippen LogP contribution in [0.1, 0.15) is 80.7 Å². The molecule has 2 fully saturated rings. The first-order chi connectivity index (χ1) is 21.4. The first-order valence-corrected chi connectivity index (χ1v) is 15.7. The van der Waals surface area contributed by atoms with Gasteiger partial charge in [-0.2, -0.15) is 22.4 Å². The minimum Gasteiger partial charge on any atom is -0.481 e. The number of carboxylic acids is 1. The minimum atomic E-state index is -0.910. The Labute approximate surface area is 266 Å². The van der Waals surface area contributed by atoms with Gasteiger partial charge in [0.25, 0.3) is 5.91 Å². The van der Waals surface area contributed by atoms with Crippen LogP contribution in [0, 0.1) is 18.8 Å². The fourth-order valence-electron chi connectivity index (χ4n) is 6.39. The van der Waals surface area contributed by atoms with E-state index in [1.165, 1.54) is 0 Å². The molecule has 1 unspecified atom stereocenters. The number of carboxylic acid groups (broad SMARTS) is 1. The van der Waals surface area contributed by atoms with Crippen molar-refractivity contribution >= 4 is 54.4 Å². The summed E-state index contributed by atoms with van der Waals surface area (Å²) in [5.74, 6) is -1.52. The maximum absolute atomic E-state index is 12.5. The van der Waals surface area contributed by atoms with E-state index in [0.29, 0.717) is 47.2 Å². The number of aromatic nitrogens is 2. The average Bonchev–Trinajstić information content (AvgIpc) is 3.51. The zero-order valence-corrected chi connectivity index (χ0v) is 27.0. The van der Waals surface area contributed by atoms with Gasteiger partial charge < -0.3 is 25.5 Å². The Morgan fingerprint density at radius 2 is 1.87 bits per heavy atom. The number of aliphatic hydroxyl groups is 1. The molecule has 0 radical (unpaired) electrons. The van der Waals surface area contributed by atoms with Crippen LogP contribution in [0.5, 0.6) is 0 Å². The number of aromatic amines is 2. The molecule has 0 spiro atoms. The fraction of sp³-hybridized carbons (Fsp3) is 0.455. The van der Waals surface area contributed by atoms with Gasteiger partial charge in [-0.15, -0.1) is 0 Å². The molecule has 5 heterocycles. The number of aliphatic hydroxyl groups excluding tert-OH is 1. The second-order valence-electron chi connectivity index (χ2n) is 11.9. The van der Waals surface area contributed by atoms with Crippen molar-refractivity contribution in [2.24, 2.45) is 16.8 Å². The van der Waals surface area contributed by atoms with Crippen molar-refractivity contribution in [3.05, 3.63) is 61.2 Å². The number of aliphatic carboxylic acids is 1. The average molecular weight is 637 g/mol. The number of nitrogens with one attached hydrogen (secondary N) is 3. The number of H-pyrrole nitrogens is 2. The third kappa shape index (κ3) is 6.79. The Morgan fingerprint density at radius 3 is 2.47 bits per heavy atom. The highest BCUT2D eigenvalue weighted by molar-refractivity contribution is 7.80. The smallest absolute Gasteiger partial charge is 0.303 e. The maximum atomic E-state index is 12.5. The summed E-state index contributed by atoms with van der Waals surface area (Å²) in [5.41, 5.74) is 7.53. The number of carbonyl (C=O) groups excluding carboxylic acids is 2. The predicted octanol–water partition coefficient (Wildman–Crippen LogP) is 2.74. The summed E-state index contributed by atoms with van der Waals surface area (Å²) < 4.78 is 0. The minimum absolute atomic E-state index is 0.0572. The molecule has 0 saturated carbocycles. The Hall–Kier alpha value is -3.71. The lowest BCUT2D eigenvalue weighted by atomic mass is 9.91. The van der Waals surface area contributed by atoms with Gasteiger partial charge in [-0.3, -0.25) is 14.4 Å². The monoisotopic (exact) mass is 636 g/mol. The molecule has 11 nitrogen and oxygen atoms in total. The topological polar surface area (TPSA) is 173 Å². The molecule has 3 aliphatic rings. The largest absolute Gasteiger partial charge is 0.481 e. The van der Waals surface area contributed by atoms with Crippen LogP contribution in [0.25, 0.3) is 18.2 Å². The van der Waals surface area contributed by atoms with Crippen LogP contribution in [0.4, 0.5) is 0 Å². The van der Waals surface area contributed by atoms with Gasteiger partial charge in [0.05, 0.1) is 12.3 Å². The number of amides is 2. The molecular formula is C33H40N4O7S. The third-order valence-electron chi connectivity index (χ3n) is 8.98. The van der Waals surface area contributed by atoms with Gasteiger partial charge in [-0.05, 0) is 55.5 Å². The number of carbonyl (C=O) groups is 3. The summed E-state index contributed by atoms with van der Waals surface area (Å²) in [6.45, 7) is 9.34. The highest BCUT2D eigenvalue weighted by Crippen LogP contribution is 2.34. The Balaban J connectivity index is 1.64. The van der Waals surface area contributed by atoms with E-state index < -0.39 is 5.97 Å². The van der Waals surface area contributed by atoms with E-state index in [1.807, 2.05) is 52.8 Å². The van der Waals surface area contributed by atoms with Gasteiger partial charge in [0.1, 0.15) is 0 Å². The van der Waals surface area contributed by atoms with Crippen LogP contribution in [-0.4, -0.2) is 55.2 Å². The van der Waals surface area contributed by atoms with Crippen LogP contribution < -0.4 is 15.9 Å². The van der Waals surface area contributed by atoms with Gasteiger partial charge in [-0.25, -0.2) is 4.99 Å². The molecule has 2 aromatic heterocycles. The number of nitrogens with zero attached hydrogens (tertiary/aromatic N) is 1. The van der Waals surface area contributed by atoms with E-state index in [4.69, 9.17) is 9.78 Å². The van der Waals surface area contributed by atoms with Crippen LogP contribution in [-0.2, 0) is 43.6 Å². The molecular weight excluding hydrogens is 596 g/mol. The summed E-state index contributed by atoms with van der Waals surface area (Å²) in [7, 11) is 0. The van der Waals surface area contributed by atoms with Gasteiger partial charge in [-0.1, -0.05) is 26.8 Å². The van der Waals surface area contributed by atoms with Gasteiger partial charge >= 0.3 is 5.97 Å². The van der Waals surface area contributed by atoms with Crippen molar-refractivity contribution in [3.8, 4) is 0 Å². The van der Waals surface area contributed by atoms with E-state index in [2.05, 4.69) is 32.9 Å². The highest BCUT2D eigenvalue weighted by Gasteiger charge is 2.37. The summed E-state index contributed by atoms with van der Waals surface area (Å²) in [5, 5.41) is 24.4. The van der Waals surface area contributed by atoms with E-state index >= 15 is 0 Å². The normalized spacial score (nSPS) is 22.6. The molecule has 0 bridgehead atoms. The van der Waals surface area contributed by atoms with Crippen molar-refractivity contribution in [3.63, 3.8) is 0 Å². The molecule has 3 aliphatic heterocycles. The summed E-state index contributed by atoms with van der Waals surface area (Å²) in [6.07, 6.45) is 6.99. The zero-order chi connectivity index (χ0) is 32.6. The number of thiol groups is 1. The lowest BCUT2D eigenvalue weighted by molar-refractivity contribution is -0.137. The van der Waals surface area contributed by atoms with Crippen LogP contribution in [0.2, 0.25) is 0 Å². The summed E-state index contributed by atoms with van der Waals surface area (Å²) >= 11 is 4.64. The Morgan fingerprint density at radius 1 is 1.13 bits per heavy atom. The second kappa shape index (κ2) is 13.3. The first kappa shape index (κ1) is 32.7. The van der Waals surface area contributed by atoms with Crippen molar-refractivity contribution in [1.29, 1.82) is 0 Å². The second-order valence-corrected chi connectivity index (χ2v) is 12.7. The van der Waals surface area contributed by atoms with Crippen molar-refractivity contribution < 1.29 is 34.4 Å². The standard InChI is InChI=1S/C33H40N4O7S/c1-6-19-15(2)24(36-33(19)42)11-27-22(14-38)21(8-10-30-43-44-30)26(35-27)13-25-20(7-9-29(39)40)16(3)23(34-25)12-28-31(18(5)45)17(4)32(41)37-28/h8,12-13,17-18,30-31,34-35,38,45H,6-7,9-11,14H2,1-5H3,(H,37,41)(H,39,40)/b21-8+,26-13-,28-12-/t17-,18?,31+/m1/s1. The van der Waals surface area contributed by atoms with Gasteiger partial charge in [0.15, 0.2) is 0 Å². The summed E-state index contributed by atoms with van der Waals surface area (Å²) in [4.78, 5) is 57.7. The molecule has 3 atom stereocenters. The molecule has 2 aromatic rings. The van der Waals surface area contributed by atoms with Crippen LogP contribution >= 0.6 is 12.6 Å². The first-order valence-electron chi connectivity index (χ1n) is 15.2. The number of allylic oxidation sites excluding steroid dienone is 2. The molecule has 12 heteroatoms. The molecule has 2 amide bonds. The maximum Gasteiger partial charge on any atom is 0.303 e. The number of aliphatic imine (C=N–C) groups is 1. The van der Waals surface area contributed by atoms with E-state index in [-0.39, 0.29) is 54.6 Å². The number of hydrogen-bond acceptors (Lipinski definition) is 7. The van der Waals surface area contributed by atoms with E-state index in [0.717, 1.165) is 39.0 Å². The quantitative estimate of drug-likeness (QED) is 0.118. The SMILES string of the molecule is CCC1=C(C)C(Cc2[nH]c(=C\c3[nH]c(/C=C4\NC(=O)[C@H](C)[C@H]4C(C)S)c(C)c3CCC(=O)O)/c(=C/CC3OO3)c2CO)=NC1=O. The molecule has 240 valence electrons. The van der Waals surface area contributed by atoms with Crippen molar-refractivity contribution in [2.75, 3.05) is 0 Å². The lowest BCUT2D eigenvalue weighted by Crippen LogP contribution is -2.25. The number of hydrogen-bond donors (Lipinski definition) is 6. The van der Waals surface area contributed by atoms with E-state index in [9.17, 15) is 24.6 Å². The van der Waals surface area contributed by atoms with Crippen molar-refractivity contribution in [1.82, 2.24) is 15.3 Å².